The highest BCUT2D eigenvalue weighted by atomic mass is 32.2. The summed E-state index contributed by atoms with van der Waals surface area (Å²) in [5, 5.41) is 20.7. The van der Waals surface area contributed by atoms with Crippen molar-refractivity contribution in [2.75, 3.05) is 19.3 Å². The maximum absolute atomic E-state index is 12.7. The Bertz CT molecular complexity index is 1190. The fraction of sp³-hybridized carbons (Fsp3) is 0.238. The molecule has 3 N–H and O–H groups in total. The van der Waals surface area contributed by atoms with Crippen molar-refractivity contribution in [1.82, 2.24) is 15.2 Å². The molecule has 10 nitrogen and oxygen atoms in total. The van der Waals surface area contributed by atoms with Crippen molar-refractivity contribution in [3.05, 3.63) is 59.5 Å². The summed E-state index contributed by atoms with van der Waals surface area (Å²) in [6.45, 7) is -0.267. The third kappa shape index (κ3) is 5.30. The van der Waals surface area contributed by atoms with E-state index in [0.717, 1.165) is 22.9 Å². The first kappa shape index (κ1) is 22.9. The summed E-state index contributed by atoms with van der Waals surface area (Å²) in [5.41, 5.74) is 1.85. The van der Waals surface area contributed by atoms with Gasteiger partial charge < -0.3 is 20.4 Å². The fourth-order valence-electron chi connectivity index (χ4n) is 3.17. The second-order valence-electron chi connectivity index (χ2n) is 7.23. The van der Waals surface area contributed by atoms with Crippen LogP contribution in [0.5, 0.6) is 0 Å². The number of benzene rings is 1. The van der Waals surface area contributed by atoms with E-state index in [4.69, 9.17) is 5.11 Å². The fourth-order valence-corrected chi connectivity index (χ4v) is 3.73. The number of sulfone groups is 1. The van der Waals surface area contributed by atoms with Crippen molar-refractivity contribution in [3.63, 3.8) is 0 Å². The number of amides is 2. The first-order valence-corrected chi connectivity index (χ1v) is 11.4. The molecule has 2 amide bonds. The van der Waals surface area contributed by atoms with Crippen LogP contribution in [0, 0.1) is 0 Å². The average molecular weight is 459 g/mol. The number of nitrogens with one attached hydrogen (secondary N) is 1. The van der Waals surface area contributed by atoms with E-state index in [9.17, 15) is 27.9 Å². The molecule has 0 atom stereocenters. The molecule has 1 aliphatic heterocycles. The Labute approximate surface area is 184 Å². The molecule has 0 aliphatic carbocycles. The summed E-state index contributed by atoms with van der Waals surface area (Å²) < 4.78 is 23.1. The van der Waals surface area contributed by atoms with Gasteiger partial charge in [-0.05, 0) is 23.3 Å². The predicted molar refractivity (Wildman–Crippen MR) is 113 cm³/mol. The monoisotopic (exact) mass is 459 g/mol. The molecular weight excluding hydrogens is 438 g/mol. The molecule has 0 spiro atoms. The van der Waals surface area contributed by atoms with Gasteiger partial charge in [0.25, 0.3) is 11.8 Å². The molecule has 11 heteroatoms. The molecule has 0 saturated heterocycles. The Balaban J connectivity index is 1.71. The summed E-state index contributed by atoms with van der Waals surface area (Å²) >= 11 is 0. The molecule has 0 radical (unpaired) electrons. The number of aromatic nitrogens is 1. The third-order valence-electron chi connectivity index (χ3n) is 4.81. The second-order valence-corrected chi connectivity index (χ2v) is 9.19. The number of pyridine rings is 1. The number of aliphatic carboxylic acids is 1. The van der Waals surface area contributed by atoms with Crippen molar-refractivity contribution in [3.8, 4) is 11.1 Å². The van der Waals surface area contributed by atoms with Crippen LogP contribution in [0.2, 0.25) is 0 Å². The molecule has 168 valence electrons. The number of aliphatic hydroxyl groups is 1. The number of carbonyl (C=O) groups is 3. The summed E-state index contributed by atoms with van der Waals surface area (Å²) in [7, 11) is -3.38. The number of carboxylic acid groups (broad SMARTS) is 1. The molecule has 3 rings (SSSR count). The smallest absolute Gasteiger partial charge is 0.322 e. The zero-order valence-electron chi connectivity index (χ0n) is 17.1. The van der Waals surface area contributed by atoms with E-state index in [-0.39, 0.29) is 30.3 Å². The van der Waals surface area contributed by atoms with Crippen LogP contribution in [0.4, 0.5) is 0 Å². The molecule has 0 fully saturated rings. The molecule has 32 heavy (non-hydrogen) atoms. The van der Waals surface area contributed by atoms with Gasteiger partial charge in [0.1, 0.15) is 17.9 Å². The number of nitrogens with zero attached hydrogens (tertiary/aromatic N) is 2. The summed E-state index contributed by atoms with van der Waals surface area (Å²) in [4.78, 5) is 40.8. The lowest BCUT2D eigenvalue weighted by atomic mass is 10.0. The average Bonchev–Trinajstić information content (AvgIpc) is 2.74. The molecule has 0 saturated carbocycles. The molecule has 0 unspecified atom stereocenters. The minimum absolute atomic E-state index is 0.0130. The van der Waals surface area contributed by atoms with Gasteiger partial charge in [0.2, 0.25) is 0 Å². The minimum atomic E-state index is -3.38. The van der Waals surface area contributed by atoms with Crippen LogP contribution in [0.3, 0.4) is 0 Å². The highest BCUT2D eigenvalue weighted by Crippen LogP contribution is 2.23. The van der Waals surface area contributed by atoms with Gasteiger partial charge in [-0.25, -0.2) is 13.4 Å². The van der Waals surface area contributed by atoms with Crippen molar-refractivity contribution in [2.45, 2.75) is 18.0 Å². The van der Waals surface area contributed by atoms with E-state index in [2.05, 4.69) is 10.3 Å². The van der Waals surface area contributed by atoms with Crippen LogP contribution < -0.4 is 5.32 Å². The van der Waals surface area contributed by atoms with Crippen molar-refractivity contribution < 1.29 is 33.0 Å². The van der Waals surface area contributed by atoms with Gasteiger partial charge in [-0.2, -0.15) is 0 Å². The lowest BCUT2D eigenvalue weighted by Crippen LogP contribution is -2.43. The Morgan fingerprint density at radius 2 is 1.78 bits per heavy atom. The highest BCUT2D eigenvalue weighted by Gasteiger charge is 2.32. The van der Waals surface area contributed by atoms with Crippen LogP contribution in [0.15, 0.2) is 59.0 Å². The van der Waals surface area contributed by atoms with Gasteiger partial charge in [0.05, 0.1) is 0 Å². The van der Waals surface area contributed by atoms with Crippen molar-refractivity contribution in [2.24, 2.45) is 0 Å². The Morgan fingerprint density at radius 1 is 1.12 bits per heavy atom. The first-order valence-electron chi connectivity index (χ1n) is 9.53. The van der Waals surface area contributed by atoms with Gasteiger partial charge in [-0.15, -0.1) is 0 Å². The van der Waals surface area contributed by atoms with Gasteiger partial charge in [0, 0.05) is 37.5 Å². The largest absolute Gasteiger partial charge is 0.511 e. The predicted octanol–water partition coefficient (Wildman–Crippen LogP) is 0.897. The lowest BCUT2D eigenvalue weighted by Gasteiger charge is -2.28. The maximum atomic E-state index is 12.7. The summed E-state index contributed by atoms with van der Waals surface area (Å²) in [6.07, 6.45) is 2.63. The van der Waals surface area contributed by atoms with Crippen LogP contribution in [-0.2, 0) is 30.8 Å². The zero-order chi connectivity index (χ0) is 23.5. The second kappa shape index (κ2) is 9.18. The molecule has 2 heterocycles. The lowest BCUT2D eigenvalue weighted by molar-refractivity contribution is -0.138. The van der Waals surface area contributed by atoms with Crippen LogP contribution in [0.25, 0.3) is 11.1 Å². The van der Waals surface area contributed by atoms with E-state index < -0.39 is 39.7 Å². The molecule has 1 aliphatic rings. The maximum Gasteiger partial charge on any atom is 0.322 e. The zero-order valence-corrected chi connectivity index (χ0v) is 17.9. The van der Waals surface area contributed by atoms with Crippen LogP contribution in [-0.4, -0.2) is 65.6 Å². The van der Waals surface area contributed by atoms with E-state index in [1.54, 1.807) is 30.3 Å². The van der Waals surface area contributed by atoms with E-state index in [1.165, 1.54) is 17.2 Å². The SMILES string of the molecule is CS(=O)(=O)c1ccc(-c2ccc(CN3CCC(O)=C(C(=O)NCC(=O)O)C3=O)cc2)cn1. The van der Waals surface area contributed by atoms with Gasteiger partial charge in [0.15, 0.2) is 14.9 Å². The van der Waals surface area contributed by atoms with Crippen LogP contribution >= 0.6 is 0 Å². The molecule has 1 aromatic carbocycles. The number of aliphatic hydroxyl groups excluding tert-OH is 1. The number of hydrogen-bond acceptors (Lipinski definition) is 7. The Hall–Kier alpha value is -3.73. The van der Waals surface area contributed by atoms with E-state index in [0.29, 0.717) is 0 Å². The highest BCUT2D eigenvalue weighted by molar-refractivity contribution is 7.90. The molecule has 0 bridgehead atoms. The summed E-state index contributed by atoms with van der Waals surface area (Å²) in [5.74, 6) is -3.24. The topological polar surface area (TPSA) is 154 Å². The quantitative estimate of drug-likeness (QED) is 0.516. The van der Waals surface area contributed by atoms with Gasteiger partial charge >= 0.3 is 5.97 Å². The van der Waals surface area contributed by atoms with Crippen LogP contribution in [0.1, 0.15) is 12.0 Å². The first-order chi connectivity index (χ1) is 15.1. The third-order valence-corrected chi connectivity index (χ3v) is 5.81. The number of carboxylic acids is 1. The van der Waals surface area contributed by atoms with E-state index >= 15 is 0 Å². The molecule has 1 aromatic heterocycles. The minimum Gasteiger partial charge on any atom is -0.511 e. The van der Waals surface area contributed by atoms with Crippen molar-refractivity contribution in [1.29, 1.82) is 0 Å². The van der Waals surface area contributed by atoms with Gasteiger partial charge in [-0.3, -0.25) is 14.4 Å². The number of carbonyl (C=O) groups excluding carboxylic acids is 2. The van der Waals surface area contributed by atoms with E-state index in [1.807, 2.05) is 0 Å². The molecular formula is C21H21N3O7S. The standard InChI is InChI=1S/C21H21N3O7S/c1-32(30,31)17-7-6-15(10-22-17)14-4-2-13(3-5-14)12-24-9-8-16(25)19(21(24)29)20(28)23-11-18(26)27/h2-7,10,25H,8-9,11-12H2,1H3,(H,23,28)(H,26,27). The number of rotatable bonds is 7. The van der Waals surface area contributed by atoms with Gasteiger partial charge in [-0.1, -0.05) is 24.3 Å². The summed E-state index contributed by atoms with van der Waals surface area (Å²) in [6, 6.07) is 10.3. The Kier molecular flexibility index (Phi) is 6.58. The normalized spacial score (nSPS) is 14.4. The number of hydrogen-bond donors (Lipinski definition) is 3. The molecule has 2 aromatic rings. The Morgan fingerprint density at radius 3 is 2.34 bits per heavy atom. The van der Waals surface area contributed by atoms with Crippen molar-refractivity contribution >= 4 is 27.6 Å².